The summed E-state index contributed by atoms with van der Waals surface area (Å²) in [5.41, 5.74) is 11.6. The van der Waals surface area contributed by atoms with E-state index in [0.29, 0.717) is 17.9 Å². The molecule has 5 nitrogen and oxygen atoms in total. The van der Waals surface area contributed by atoms with Crippen molar-refractivity contribution in [1.29, 1.82) is 5.26 Å². The number of hydrogen-bond donors (Lipinski definition) is 1. The van der Waals surface area contributed by atoms with Gasteiger partial charge in [0.05, 0.1) is 7.11 Å². The largest absolute Gasteiger partial charge is 0.496 e. The molecule has 0 saturated heterocycles. The number of rotatable bonds is 6. The van der Waals surface area contributed by atoms with E-state index >= 15 is 0 Å². The standard InChI is InChI=1S/C27H23N3O2/c1-18-25(22-10-6-7-11-24(22)31-2)26(23(16-28)27(29)30-18)20-12-14-21(15-13-20)32-17-19-8-4-3-5-9-19/h3-15H,17H2,1-2H3,(H2,29,30). The van der Waals surface area contributed by atoms with Gasteiger partial charge in [-0.05, 0) is 36.2 Å². The molecule has 0 unspecified atom stereocenters. The summed E-state index contributed by atoms with van der Waals surface area (Å²) in [7, 11) is 1.63. The average Bonchev–Trinajstić information content (AvgIpc) is 2.83. The zero-order chi connectivity index (χ0) is 22.5. The second kappa shape index (κ2) is 9.23. The number of nitriles is 1. The lowest BCUT2D eigenvalue weighted by Crippen LogP contribution is -2.04. The van der Waals surface area contributed by atoms with Crippen molar-refractivity contribution in [2.45, 2.75) is 13.5 Å². The van der Waals surface area contributed by atoms with Crippen LogP contribution in [0.1, 0.15) is 16.8 Å². The maximum absolute atomic E-state index is 9.89. The molecule has 5 heteroatoms. The van der Waals surface area contributed by atoms with E-state index in [9.17, 15) is 5.26 Å². The summed E-state index contributed by atoms with van der Waals surface area (Å²) in [5, 5.41) is 9.89. The molecule has 3 aromatic carbocycles. The van der Waals surface area contributed by atoms with Crippen LogP contribution in [0.3, 0.4) is 0 Å². The molecular formula is C27H23N3O2. The fourth-order valence-corrected chi connectivity index (χ4v) is 3.77. The minimum absolute atomic E-state index is 0.211. The van der Waals surface area contributed by atoms with Gasteiger partial charge in [-0.15, -0.1) is 0 Å². The van der Waals surface area contributed by atoms with Crippen LogP contribution in [0.2, 0.25) is 0 Å². The number of benzene rings is 3. The monoisotopic (exact) mass is 421 g/mol. The van der Waals surface area contributed by atoms with Gasteiger partial charge in [-0.1, -0.05) is 60.7 Å². The van der Waals surface area contributed by atoms with Gasteiger partial charge in [-0.3, -0.25) is 0 Å². The summed E-state index contributed by atoms with van der Waals surface area (Å²) >= 11 is 0. The van der Waals surface area contributed by atoms with Crippen molar-refractivity contribution < 1.29 is 9.47 Å². The topological polar surface area (TPSA) is 81.2 Å². The molecule has 0 aliphatic heterocycles. The van der Waals surface area contributed by atoms with Gasteiger partial charge in [-0.2, -0.15) is 5.26 Å². The average molecular weight is 422 g/mol. The Hall–Kier alpha value is -4.30. The molecule has 0 saturated carbocycles. The lowest BCUT2D eigenvalue weighted by Gasteiger charge is -2.18. The molecule has 0 spiro atoms. The van der Waals surface area contributed by atoms with Crippen molar-refractivity contribution in [3.05, 3.63) is 95.7 Å². The second-order valence-corrected chi connectivity index (χ2v) is 7.32. The summed E-state index contributed by atoms with van der Waals surface area (Å²) in [6.45, 7) is 2.37. The summed E-state index contributed by atoms with van der Waals surface area (Å²) < 4.78 is 11.5. The number of ether oxygens (including phenoxy) is 2. The van der Waals surface area contributed by atoms with Crippen LogP contribution < -0.4 is 15.2 Å². The van der Waals surface area contributed by atoms with Crippen LogP contribution in [0, 0.1) is 18.3 Å². The Morgan fingerprint density at radius 1 is 0.906 bits per heavy atom. The van der Waals surface area contributed by atoms with E-state index < -0.39 is 0 Å². The van der Waals surface area contributed by atoms with Gasteiger partial charge >= 0.3 is 0 Å². The fraction of sp³-hybridized carbons (Fsp3) is 0.111. The van der Waals surface area contributed by atoms with Gasteiger partial charge in [0.15, 0.2) is 0 Å². The highest BCUT2D eigenvalue weighted by atomic mass is 16.5. The third-order valence-electron chi connectivity index (χ3n) is 5.29. The van der Waals surface area contributed by atoms with Gasteiger partial charge in [0.1, 0.15) is 35.6 Å². The predicted molar refractivity (Wildman–Crippen MR) is 126 cm³/mol. The number of hydrogen-bond acceptors (Lipinski definition) is 5. The van der Waals surface area contributed by atoms with Crippen LogP contribution in [0.15, 0.2) is 78.9 Å². The Morgan fingerprint density at radius 3 is 2.28 bits per heavy atom. The van der Waals surface area contributed by atoms with Crippen molar-refractivity contribution in [3.63, 3.8) is 0 Å². The number of nitrogens with two attached hydrogens (primary N) is 1. The molecule has 0 fully saturated rings. The predicted octanol–water partition coefficient (Wildman–Crippen LogP) is 5.77. The van der Waals surface area contributed by atoms with Gasteiger partial charge in [0, 0.05) is 22.4 Å². The van der Waals surface area contributed by atoms with Crippen LogP contribution in [-0.4, -0.2) is 12.1 Å². The molecule has 1 aromatic heterocycles. The first-order chi connectivity index (χ1) is 15.6. The molecule has 158 valence electrons. The lowest BCUT2D eigenvalue weighted by atomic mass is 9.89. The molecule has 0 bridgehead atoms. The molecule has 0 aliphatic carbocycles. The quantitative estimate of drug-likeness (QED) is 0.428. The third-order valence-corrected chi connectivity index (χ3v) is 5.29. The Balaban J connectivity index is 1.78. The maximum Gasteiger partial charge on any atom is 0.142 e. The Bertz CT molecular complexity index is 1280. The van der Waals surface area contributed by atoms with Gasteiger partial charge in [0.2, 0.25) is 0 Å². The molecule has 2 N–H and O–H groups in total. The Morgan fingerprint density at radius 2 is 1.59 bits per heavy atom. The normalized spacial score (nSPS) is 10.4. The molecule has 4 aromatic rings. The maximum atomic E-state index is 9.89. The smallest absolute Gasteiger partial charge is 0.142 e. The molecule has 32 heavy (non-hydrogen) atoms. The van der Waals surface area contributed by atoms with Crippen molar-refractivity contribution in [2.75, 3.05) is 12.8 Å². The summed E-state index contributed by atoms with van der Waals surface area (Å²) in [6, 6.07) is 27.6. The van der Waals surface area contributed by atoms with Gasteiger partial charge in [0.25, 0.3) is 0 Å². The second-order valence-electron chi connectivity index (χ2n) is 7.32. The first-order valence-electron chi connectivity index (χ1n) is 10.2. The minimum Gasteiger partial charge on any atom is -0.496 e. The van der Waals surface area contributed by atoms with Crippen LogP contribution in [-0.2, 0) is 6.61 Å². The van der Waals surface area contributed by atoms with E-state index in [4.69, 9.17) is 15.2 Å². The van der Waals surface area contributed by atoms with Crippen LogP contribution >= 0.6 is 0 Å². The summed E-state index contributed by atoms with van der Waals surface area (Å²) in [4.78, 5) is 4.44. The van der Waals surface area contributed by atoms with E-state index in [1.165, 1.54) is 0 Å². The van der Waals surface area contributed by atoms with Crippen molar-refractivity contribution in [2.24, 2.45) is 0 Å². The number of anilines is 1. The van der Waals surface area contributed by atoms with E-state index in [1.54, 1.807) is 7.11 Å². The molecular weight excluding hydrogens is 398 g/mol. The zero-order valence-corrected chi connectivity index (χ0v) is 18.0. The Labute approximate surface area is 187 Å². The number of nitrogens with zero attached hydrogens (tertiary/aromatic N) is 2. The molecule has 0 amide bonds. The number of nitrogen functional groups attached to an aromatic ring is 1. The zero-order valence-electron chi connectivity index (χ0n) is 18.0. The number of para-hydroxylation sites is 1. The minimum atomic E-state index is 0.211. The lowest BCUT2D eigenvalue weighted by molar-refractivity contribution is 0.306. The van der Waals surface area contributed by atoms with Crippen LogP contribution in [0.25, 0.3) is 22.3 Å². The number of aryl methyl sites for hydroxylation is 1. The van der Waals surface area contributed by atoms with Gasteiger partial charge < -0.3 is 15.2 Å². The Kier molecular flexibility index (Phi) is 6.05. The van der Waals surface area contributed by atoms with Crippen molar-refractivity contribution >= 4 is 5.82 Å². The first kappa shape index (κ1) is 21.0. The fourth-order valence-electron chi connectivity index (χ4n) is 3.77. The van der Waals surface area contributed by atoms with E-state index in [-0.39, 0.29) is 5.82 Å². The van der Waals surface area contributed by atoms with Crippen LogP contribution in [0.5, 0.6) is 11.5 Å². The summed E-state index contributed by atoms with van der Waals surface area (Å²) in [5.74, 6) is 1.66. The van der Waals surface area contributed by atoms with Crippen molar-refractivity contribution in [1.82, 2.24) is 4.98 Å². The third kappa shape index (κ3) is 4.12. The highest BCUT2D eigenvalue weighted by Gasteiger charge is 2.21. The van der Waals surface area contributed by atoms with Crippen molar-refractivity contribution in [3.8, 4) is 39.8 Å². The molecule has 0 aliphatic rings. The summed E-state index contributed by atoms with van der Waals surface area (Å²) in [6.07, 6.45) is 0. The number of aromatic nitrogens is 1. The first-order valence-corrected chi connectivity index (χ1v) is 10.2. The molecule has 0 radical (unpaired) electrons. The van der Waals surface area contributed by atoms with Gasteiger partial charge in [-0.25, -0.2) is 4.98 Å². The molecule has 1 heterocycles. The van der Waals surface area contributed by atoms with Crippen LogP contribution in [0.4, 0.5) is 5.82 Å². The molecule has 0 atom stereocenters. The van der Waals surface area contributed by atoms with E-state index in [0.717, 1.165) is 39.3 Å². The number of methoxy groups -OCH3 is 1. The SMILES string of the molecule is COc1ccccc1-c1c(C)nc(N)c(C#N)c1-c1ccc(OCc2ccccc2)cc1. The number of pyridine rings is 1. The highest BCUT2D eigenvalue weighted by Crippen LogP contribution is 2.42. The van der Waals surface area contributed by atoms with E-state index in [2.05, 4.69) is 11.1 Å². The van der Waals surface area contributed by atoms with E-state index in [1.807, 2.05) is 85.8 Å². The molecule has 4 rings (SSSR count). The highest BCUT2D eigenvalue weighted by molar-refractivity contribution is 5.92.